The SMILES string of the molecule is CC(C)(O)C(C)(C)NC(=O)c1cn[nH]c1-c1ccccc1. The summed E-state index contributed by atoms with van der Waals surface area (Å²) in [4.78, 5) is 12.5. The van der Waals surface area contributed by atoms with Crippen molar-refractivity contribution in [2.24, 2.45) is 0 Å². The van der Waals surface area contributed by atoms with E-state index < -0.39 is 11.1 Å². The summed E-state index contributed by atoms with van der Waals surface area (Å²) in [6, 6.07) is 9.53. The van der Waals surface area contributed by atoms with Crippen molar-refractivity contribution < 1.29 is 9.90 Å². The van der Waals surface area contributed by atoms with Gasteiger partial charge in [0.1, 0.15) is 0 Å². The lowest BCUT2D eigenvalue weighted by molar-refractivity contribution is -0.00291. The summed E-state index contributed by atoms with van der Waals surface area (Å²) in [5.74, 6) is -0.269. The predicted octanol–water partition coefficient (Wildman–Crippen LogP) is 2.36. The van der Waals surface area contributed by atoms with Crippen LogP contribution in [0, 0.1) is 0 Å². The Labute approximate surface area is 124 Å². The number of benzene rings is 1. The Bertz CT molecular complexity index is 624. The first-order valence-electron chi connectivity index (χ1n) is 6.86. The van der Waals surface area contributed by atoms with Crippen molar-refractivity contribution in [1.82, 2.24) is 15.5 Å². The molecule has 0 unspecified atom stereocenters. The highest BCUT2D eigenvalue weighted by Gasteiger charge is 2.37. The average Bonchev–Trinajstić information content (AvgIpc) is 2.87. The summed E-state index contributed by atoms with van der Waals surface area (Å²) in [6.07, 6.45) is 1.50. The van der Waals surface area contributed by atoms with E-state index in [1.54, 1.807) is 27.7 Å². The van der Waals surface area contributed by atoms with Crippen LogP contribution in [-0.4, -0.2) is 32.4 Å². The van der Waals surface area contributed by atoms with E-state index in [2.05, 4.69) is 15.5 Å². The molecule has 5 nitrogen and oxygen atoms in total. The lowest BCUT2D eigenvalue weighted by Gasteiger charge is -2.37. The minimum Gasteiger partial charge on any atom is -0.388 e. The van der Waals surface area contributed by atoms with E-state index >= 15 is 0 Å². The first-order valence-corrected chi connectivity index (χ1v) is 6.86. The maximum Gasteiger partial charge on any atom is 0.255 e. The van der Waals surface area contributed by atoms with Gasteiger partial charge in [-0.05, 0) is 27.7 Å². The Morgan fingerprint density at radius 1 is 1.19 bits per heavy atom. The minimum absolute atomic E-state index is 0.269. The molecule has 5 heteroatoms. The first-order chi connectivity index (χ1) is 9.72. The molecule has 0 fully saturated rings. The standard InChI is InChI=1S/C16H21N3O2/c1-15(2,16(3,4)21)18-14(20)12-10-17-19-13(12)11-8-6-5-7-9-11/h5-10,21H,1-4H3,(H,17,19)(H,18,20). The fourth-order valence-electron chi connectivity index (χ4n) is 1.79. The molecule has 0 atom stereocenters. The number of H-pyrrole nitrogens is 1. The van der Waals surface area contributed by atoms with Gasteiger partial charge in [0, 0.05) is 5.56 Å². The number of aromatic nitrogens is 2. The molecule has 0 bridgehead atoms. The van der Waals surface area contributed by atoms with Gasteiger partial charge in [0.15, 0.2) is 0 Å². The molecule has 0 aliphatic carbocycles. The molecule has 0 aliphatic rings. The zero-order valence-corrected chi connectivity index (χ0v) is 12.8. The van der Waals surface area contributed by atoms with E-state index in [0.717, 1.165) is 5.56 Å². The van der Waals surface area contributed by atoms with Crippen molar-refractivity contribution in [3.8, 4) is 11.3 Å². The largest absolute Gasteiger partial charge is 0.388 e. The Balaban J connectivity index is 2.29. The molecule has 2 rings (SSSR count). The molecule has 1 amide bonds. The minimum atomic E-state index is -1.04. The Hall–Kier alpha value is -2.14. The molecule has 3 N–H and O–H groups in total. The third-order valence-corrected chi connectivity index (χ3v) is 3.90. The van der Waals surface area contributed by atoms with Gasteiger partial charge in [-0.3, -0.25) is 9.89 Å². The molecular formula is C16H21N3O2. The fraction of sp³-hybridized carbons (Fsp3) is 0.375. The van der Waals surface area contributed by atoms with Crippen LogP contribution in [0.2, 0.25) is 0 Å². The highest BCUT2D eigenvalue weighted by atomic mass is 16.3. The van der Waals surface area contributed by atoms with Crippen LogP contribution in [0.4, 0.5) is 0 Å². The molecule has 1 aromatic heterocycles. The second kappa shape index (κ2) is 5.33. The molecule has 0 aliphatic heterocycles. The van der Waals surface area contributed by atoms with E-state index in [-0.39, 0.29) is 5.91 Å². The van der Waals surface area contributed by atoms with Gasteiger partial charge in [-0.25, -0.2) is 0 Å². The second-order valence-electron chi connectivity index (χ2n) is 6.16. The molecule has 2 aromatic rings. The lowest BCUT2D eigenvalue weighted by atomic mass is 9.85. The fourth-order valence-corrected chi connectivity index (χ4v) is 1.79. The first kappa shape index (κ1) is 15.3. The zero-order valence-electron chi connectivity index (χ0n) is 12.8. The number of aromatic amines is 1. The maximum atomic E-state index is 12.5. The van der Waals surface area contributed by atoms with Gasteiger partial charge in [-0.1, -0.05) is 30.3 Å². The Morgan fingerprint density at radius 2 is 1.81 bits per heavy atom. The summed E-state index contributed by atoms with van der Waals surface area (Å²) >= 11 is 0. The number of hydrogen-bond donors (Lipinski definition) is 3. The number of carbonyl (C=O) groups excluding carboxylic acids is 1. The molecule has 1 heterocycles. The lowest BCUT2D eigenvalue weighted by Crippen LogP contribution is -2.57. The quantitative estimate of drug-likeness (QED) is 0.807. The van der Waals surface area contributed by atoms with Gasteiger partial charge in [-0.2, -0.15) is 5.10 Å². The molecule has 0 saturated carbocycles. The van der Waals surface area contributed by atoms with E-state index in [1.807, 2.05) is 30.3 Å². The van der Waals surface area contributed by atoms with Crippen molar-refractivity contribution in [3.63, 3.8) is 0 Å². The second-order valence-corrected chi connectivity index (χ2v) is 6.16. The number of hydrogen-bond acceptors (Lipinski definition) is 3. The van der Waals surface area contributed by atoms with Crippen LogP contribution in [0.25, 0.3) is 11.3 Å². The van der Waals surface area contributed by atoms with Crippen LogP contribution < -0.4 is 5.32 Å². The molecular weight excluding hydrogens is 266 g/mol. The Morgan fingerprint density at radius 3 is 2.38 bits per heavy atom. The normalized spacial score (nSPS) is 12.2. The number of nitrogens with one attached hydrogen (secondary N) is 2. The zero-order chi connectivity index (χ0) is 15.7. The summed E-state index contributed by atoms with van der Waals surface area (Å²) in [6.45, 7) is 6.90. The molecule has 112 valence electrons. The third kappa shape index (κ3) is 3.13. The van der Waals surface area contributed by atoms with Gasteiger partial charge in [0.2, 0.25) is 0 Å². The topological polar surface area (TPSA) is 78.0 Å². The van der Waals surface area contributed by atoms with E-state index in [1.165, 1.54) is 6.20 Å². The molecule has 21 heavy (non-hydrogen) atoms. The molecule has 0 spiro atoms. The van der Waals surface area contributed by atoms with E-state index in [9.17, 15) is 9.90 Å². The predicted molar refractivity (Wildman–Crippen MR) is 81.9 cm³/mol. The van der Waals surface area contributed by atoms with Crippen LogP contribution in [0.1, 0.15) is 38.1 Å². The number of nitrogens with zero attached hydrogens (tertiary/aromatic N) is 1. The van der Waals surface area contributed by atoms with Gasteiger partial charge >= 0.3 is 0 Å². The van der Waals surface area contributed by atoms with E-state index in [4.69, 9.17) is 0 Å². The maximum absolute atomic E-state index is 12.5. The van der Waals surface area contributed by atoms with Gasteiger partial charge in [-0.15, -0.1) is 0 Å². The van der Waals surface area contributed by atoms with Gasteiger partial charge in [0.05, 0.1) is 28.6 Å². The summed E-state index contributed by atoms with van der Waals surface area (Å²) in [5, 5.41) is 19.8. The number of carbonyl (C=O) groups is 1. The summed E-state index contributed by atoms with van der Waals surface area (Å²) in [5.41, 5.74) is 0.202. The molecule has 0 saturated heterocycles. The van der Waals surface area contributed by atoms with E-state index in [0.29, 0.717) is 11.3 Å². The highest BCUT2D eigenvalue weighted by Crippen LogP contribution is 2.24. The number of amides is 1. The smallest absolute Gasteiger partial charge is 0.255 e. The molecule has 0 radical (unpaired) electrons. The third-order valence-electron chi connectivity index (χ3n) is 3.90. The van der Waals surface area contributed by atoms with Crippen LogP contribution in [0.5, 0.6) is 0 Å². The summed E-state index contributed by atoms with van der Waals surface area (Å²) in [7, 11) is 0. The number of rotatable bonds is 4. The monoisotopic (exact) mass is 287 g/mol. The van der Waals surface area contributed by atoms with Crippen LogP contribution in [0.3, 0.4) is 0 Å². The van der Waals surface area contributed by atoms with Crippen molar-refractivity contribution in [2.45, 2.75) is 38.8 Å². The van der Waals surface area contributed by atoms with Gasteiger partial charge in [0.25, 0.3) is 5.91 Å². The highest BCUT2D eigenvalue weighted by molar-refractivity contribution is 6.00. The Kier molecular flexibility index (Phi) is 3.87. The van der Waals surface area contributed by atoms with Crippen molar-refractivity contribution >= 4 is 5.91 Å². The van der Waals surface area contributed by atoms with Crippen molar-refractivity contribution in [1.29, 1.82) is 0 Å². The van der Waals surface area contributed by atoms with Crippen LogP contribution in [-0.2, 0) is 0 Å². The molecule has 1 aromatic carbocycles. The summed E-state index contributed by atoms with van der Waals surface area (Å²) < 4.78 is 0. The average molecular weight is 287 g/mol. The van der Waals surface area contributed by atoms with Crippen molar-refractivity contribution in [2.75, 3.05) is 0 Å². The van der Waals surface area contributed by atoms with Crippen LogP contribution in [0.15, 0.2) is 36.5 Å². The number of aliphatic hydroxyl groups is 1. The van der Waals surface area contributed by atoms with Crippen LogP contribution >= 0.6 is 0 Å². The van der Waals surface area contributed by atoms with Gasteiger partial charge < -0.3 is 10.4 Å². The van der Waals surface area contributed by atoms with Crippen molar-refractivity contribution in [3.05, 3.63) is 42.1 Å².